The van der Waals surface area contributed by atoms with Gasteiger partial charge in [0.15, 0.2) is 0 Å². The number of nitrogens with one attached hydrogen (secondary N) is 1. The topological polar surface area (TPSA) is 77.2 Å². The smallest absolute Gasteiger partial charge is 0.268 e. The van der Waals surface area contributed by atoms with Crippen molar-refractivity contribution in [2.24, 2.45) is 0 Å². The molecule has 0 aliphatic rings. The summed E-state index contributed by atoms with van der Waals surface area (Å²) in [4.78, 5) is 19.2. The van der Waals surface area contributed by atoms with Gasteiger partial charge < -0.3 is 15.8 Å². The fourth-order valence-electron chi connectivity index (χ4n) is 3.86. The van der Waals surface area contributed by atoms with E-state index in [1.54, 1.807) is 18.2 Å². The number of carbonyl (C=O) groups is 1. The number of nitrogens with zero attached hydrogens (tertiary/aromatic N) is 1. The molecule has 1 amide bonds. The number of anilines is 2. The summed E-state index contributed by atoms with van der Waals surface area (Å²) in [5, 5.41) is 4.70. The molecule has 8 heteroatoms. The number of nitrogen functional groups attached to an aromatic ring is 1. The molecule has 5 rings (SSSR count). The fraction of sp³-hybridized carbons (Fsp3) is 0.0370. The van der Waals surface area contributed by atoms with Crippen molar-refractivity contribution in [3.05, 3.63) is 93.8 Å². The van der Waals surface area contributed by atoms with Crippen LogP contribution in [0.4, 0.5) is 11.4 Å². The summed E-state index contributed by atoms with van der Waals surface area (Å²) in [6.07, 6.45) is 0. The molecule has 0 aliphatic heterocycles. The van der Waals surface area contributed by atoms with Gasteiger partial charge in [-0.3, -0.25) is 4.79 Å². The zero-order valence-corrected chi connectivity index (χ0v) is 20.8. The van der Waals surface area contributed by atoms with E-state index in [9.17, 15) is 4.79 Å². The third kappa shape index (κ3) is 4.56. The predicted octanol–water partition coefficient (Wildman–Crippen LogP) is 7.78. The molecule has 35 heavy (non-hydrogen) atoms. The number of hydrogen-bond acceptors (Lipinski definition) is 5. The molecule has 5 aromatic rings. The van der Waals surface area contributed by atoms with E-state index in [1.807, 2.05) is 60.7 Å². The van der Waals surface area contributed by atoms with E-state index >= 15 is 0 Å². The average molecular weight is 520 g/mol. The summed E-state index contributed by atoms with van der Waals surface area (Å²) in [5.41, 5.74) is 10.9. The maximum absolute atomic E-state index is 13.3. The number of thiophene rings is 1. The monoisotopic (exact) mass is 519 g/mol. The lowest BCUT2D eigenvalue weighted by Crippen LogP contribution is -2.12. The van der Waals surface area contributed by atoms with Crippen LogP contribution in [-0.2, 0) is 0 Å². The van der Waals surface area contributed by atoms with E-state index < -0.39 is 0 Å². The Morgan fingerprint density at radius 2 is 1.66 bits per heavy atom. The summed E-state index contributed by atoms with van der Waals surface area (Å²) in [6, 6.07) is 24.4. The van der Waals surface area contributed by atoms with Crippen molar-refractivity contribution in [2.45, 2.75) is 0 Å². The molecule has 3 aromatic carbocycles. The molecule has 0 unspecified atom stereocenters. The van der Waals surface area contributed by atoms with Crippen LogP contribution in [0.5, 0.6) is 5.75 Å². The zero-order valence-electron chi connectivity index (χ0n) is 18.5. The normalized spacial score (nSPS) is 10.9. The van der Waals surface area contributed by atoms with E-state index in [0.717, 1.165) is 27.8 Å². The number of nitrogens with two attached hydrogens (primary N) is 1. The van der Waals surface area contributed by atoms with Crippen LogP contribution in [-0.4, -0.2) is 18.0 Å². The van der Waals surface area contributed by atoms with Crippen LogP contribution >= 0.6 is 34.5 Å². The summed E-state index contributed by atoms with van der Waals surface area (Å²) in [5.74, 6) is 0.128. The third-order valence-corrected chi connectivity index (χ3v) is 7.12. The van der Waals surface area contributed by atoms with Gasteiger partial charge in [0, 0.05) is 21.0 Å². The number of amides is 1. The van der Waals surface area contributed by atoms with Gasteiger partial charge in [0.05, 0.1) is 24.2 Å². The van der Waals surface area contributed by atoms with Crippen LogP contribution in [0.2, 0.25) is 10.0 Å². The van der Waals surface area contributed by atoms with Gasteiger partial charge in [0.1, 0.15) is 15.5 Å². The highest BCUT2D eigenvalue weighted by atomic mass is 35.5. The molecular weight excluding hydrogens is 501 g/mol. The number of fused-ring (bicyclic) bond motifs is 1. The molecule has 3 N–H and O–H groups in total. The Kier molecular flexibility index (Phi) is 6.34. The Balaban J connectivity index is 1.66. The Morgan fingerprint density at radius 1 is 0.943 bits per heavy atom. The minimum atomic E-state index is -0.366. The lowest BCUT2D eigenvalue weighted by molar-refractivity contribution is 0.103. The SMILES string of the molecule is COc1ccc(Cl)cc1NC(=O)c1sc2nc(-c3ccccc3)cc(-c3ccc(Cl)cc3)c2c1N. The Hall–Kier alpha value is -3.58. The number of hydrogen-bond donors (Lipinski definition) is 2. The number of carbonyl (C=O) groups excluding carboxylic acids is 1. The van der Waals surface area contributed by atoms with Gasteiger partial charge in [-0.1, -0.05) is 65.7 Å². The number of aromatic nitrogens is 1. The lowest BCUT2D eigenvalue weighted by atomic mass is 9.99. The van der Waals surface area contributed by atoms with Gasteiger partial charge in [-0.25, -0.2) is 4.98 Å². The van der Waals surface area contributed by atoms with Crippen LogP contribution in [0.3, 0.4) is 0 Å². The van der Waals surface area contributed by atoms with Crippen molar-refractivity contribution in [1.82, 2.24) is 4.98 Å². The number of pyridine rings is 1. The molecule has 2 heterocycles. The Morgan fingerprint density at radius 3 is 2.37 bits per heavy atom. The first-order chi connectivity index (χ1) is 16.9. The molecule has 0 bridgehead atoms. The molecule has 0 radical (unpaired) electrons. The fourth-order valence-corrected chi connectivity index (χ4v) is 5.17. The first-order valence-corrected chi connectivity index (χ1v) is 12.2. The minimum absolute atomic E-state index is 0.356. The van der Waals surface area contributed by atoms with Crippen LogP contribution in [0.15, 0.2) is 78.9 Å². The van der Waals surface area contributed by atoms with Crippen LogP contribution in [0, 0.1) is 0 Å². The summed E-state index contributed by atoms with van der Waals surface area (Å²) >= 11 is 13.5. The molecule has 0 atom stereocenters. The Bertz CT molecular complexity index is 1550. The number of benzene rings is 3. The maximum Gasteiger partial charge on any atom is 0.268 e. The van der Waals surface area contributed by atoms with Gasteiger partial charge in [0.25, 0.3) is 5.91 Å². The molecule has 0 saturated carbocycles. The van der Waals surface area contributed by atoms with E-state index in [1.165, 1.54) is 18.4 Å². The van der Waals surface area contributed by atoms with Crippen molar-refractivity contribution >= 4 is 62.0 Å². The van der Waals surface area contributed by atoms with Crippen molar-refractivity contribution in [3.63, 3.8) is 0 Å². The van der Waals surface area contributed by atoms with Crippen molar-refractivity contribution in [3.8, 4) is 28.1 Å². The highest BCUT2D eigenvalue weighted by Gasteiger charge is 2.22. The molecule has 0 aliphatic carbocycles. The predicted molar refractivity (Wildman–Crippen MR) is 146 cm³/mol. The lowest BCUT2D eigenvalue weighted by Gasteiger charge is -2.10. The number of methoxy groups -OCH3 is 1. The molecular formula is C27H19Cl2N3O2S. The second-order valence-electron chi connectivity index (χ2n) is 7.75. The van der Waals surface area contributed by atoms with E-state index in [0.29, 0.717) is 36.9 Å². The number of ether oxygens (including phenoxy) is 1. The van der Waals surface area contributed by atoms with Crippen molar-refractivity contribution < 1.29 is 9.53 Å². The number of halogens is 2. The summed E-state index contributed by atoms with van der Waals surface area (Å²) < 4.78 is 5.35. The molecule has 2 aromatic heterocycles. The zero-order chi connectivity index (χ0) is 24.5. The van der Waals surface area contributed by atoms with Crippen molar-refractivity contribution in [2.75, 3.05) is 18.2 Å². The molecule has 174 valence electrons. The van der Waals surface area contributed by atoms with Crippen molar-refractivity contribution in [1.29, 1.82) is 0 Å². The second-order valence-corrected chi connectivity index (χ2v) is 9.62. The average Bonchev–Trinajstić information content (AvgIpc) is 3.21. The van der Waals surface area contributed by atoms with E-state index in [-0.39, 0.29) is 5.91 Å². The third-order valence-electron chi connectivity index (χ3n) is 5.54. The van der Waals surface area contributed by atoms with Gasteiger partial charge >= 0.3 is 0 Å². The highest BCUT2D eigenvalue weighted by Crippen LogP contribution is 2.42. The standard InChI is InChI=1S/C27H19Cl2N3O2S/c1-34-22-12-11-18(29)13-21(22)31-26(33)25-24(30)23-19(15-7-9-17(28)10-8-15)14-20(32-27(23)35-25)16-5-3-2-4-6-16/h2-14H,30H2,1H3,(H,31,33). The first kappa shape index (κ1) is 23.2. The Labute approximate surface area is 216 Å². The molecule has 5 nitrogen and oxygen atoms in total. The van der Waals surface area contributed by atoms with Crippen LogP contribution < -0.4 is 15.8 Å². The second kappa shape index (κ2) is 9.58. The first-order valence-electron chi connectivity index (χ1n) is 10.6. The highest BCUT2D eigenvalue weighted by molar-refractivity contribution is 7.21. The molecule has 0 saturated heterocycles. The molecule has 0 spiro atoms. The minimum Gasteiger partial charge on any atom is -0.495 e. The van der Waals surface area contributed by atoms with Gasteiger partial charge in [0.2, 0.25) is 0 Å². The van der Waals surface area contributed by atoms with E-state index in [4.69, 9.17) is 38.7 Å². The van der Waals surface area contributed by atoms with E-state index in [2.05, 4.69) is 5.32 Å². The van der Waals surface area contributed by atoms with Gasteiger partial charge in [-0.05, 0) is 47.5 Å². The van der Waals surface area contributed by atoms with Gasteiger partial charge in [-0.15, -0.1) is 11.3 Å². The maximum atomic E-state index is 13.3. The summed E-state index contributed by atoms with van der Waals surface area (Å²) in [6.45, 7) is 0. The number of rotatable bonds is 5. The van der Waals surface area contributed by atoms with Crippen LogP contribution in [0.1, 0.15) is 9.67 Å². The van der Waals surface area contributed by atoms with Crippen LogP contribution in [0.25, 0.3) is 32.6 Å². The quantitative estimate of drug-likeness (QED) is 0.248. The summed E-state index contributed by atoms with van der Waals surface area (Å²) in [7, 11) is 1.53. The molecule has 0 fully saturated rings. The largest absolute Gasteiger partial charge is 0.495 e. The van der Waals surface area contributed by atoms with Gasteiger partial charge in [-0.2, -0.15) is 0 Å².